The number of pyridine rings is 2. The number of ether oxygens (including phenoxy) is 1. The van der Waals surface area contributed by atoms with Gasteiger partial charge in [-0.1, -0.05) is 24.3 Å². The molecule has 4 aromatic rings. The molecule has 1 amide bonds. The van der Waals surface area contributed by atoms with Crippen molar-refractivity contribution in [3.05, 3.63) is 83.2 Å². The van der Waals surface area contributed by atoms with E-state index in [9.17, 15) is 31.1 Å². The van der Waals surface area contributed by atoms with Crippen molar-refractivity contribution in [3.63, 3.8) is 0 Å². The summed E-state index contributed by atoms with van der Waals surface area (Å²) < 4.78 is 84.4. The van der Waals surface area contributed by atoms with Crippen molar-refractivity contribution in [2.45, 2.75) is 76.2 Å². The molecule has 1 N–H and O–H groups in total. The number of hydrogen-bond acceptors (Lipinski definition) is 5. The second-order valence-electron chi connectivity index (χ2n) is 13.0. The predicted molar refractivity (Wildman–Crippen MR) is 183 cm³/mol. The Balaban J connectivity index is 0.000000265. The number of likely N-dealkylation sites (tertiary alicyclic amines) is 1. The molecule has 6 nitrogen and oxygen atoms in total. The number of carbonyl (C=O) groups excluding carboxylic acids is 1. The number of nitrogens with zero attached hydrogens (tertiary/aromatic N) is 3. The predicted octanol–water partition coefficient (Wildman–Crippen LogP) is 9.93. The van der Waals surface area contributed by atoms with Crippen LogP contribution in [0.3, 0.4) is 0 Å². The molecule has 4 heterocycles. The number of fused-ring (bicyclic) bond motifs is 2. The molecule has 2 saturated heterocycles. The van der Waals surface area contributed by atoms with Gasteiger partial charge in [0.2, 0.25) is 0 Å². The number of alkyl halides is 6. The van der Waals surface area contributed by atoms with Gasteiger partial charge in [0.1, 0.15) is 5.60 Å². The number of nitrogens with one attached hydrogen (secondary N) is 1. The molecule has 2 aliphatic rings. The van der Waals surface area contributed by atoms with Crippen molar-refractivity contribution in [3.8, 4) is 0 Å². The van der Waals surface area contributed by atoms with Crippen LogP contribution in [0.15, 0.2) is 60.9 Å². The highest BCUT2D eigenvalue weighted by Gasteiger charge is 2.35. The third-order valence-electron chi connectivity index (χ3n) is 8.58. The molecule has 14 heteroatoms. The van der Waals surface area contributed by atoms with E-state index in [1.54, 1.807) is 23.2 Å². The monoisotopic (exact) mass is 732 g/mol. The minimum absolute atomic E-state index is 0. The minimum Gasteiger partial charge on any atom is -0.444 e. The van der Waals surface area contributed by atoms with Gasteiger partial charge < -0.3 is 15.0 Å². The van der Waals surface area contributed by atoms with E-state index in [0.717, 1.165) is 43.1 Å². The quantitative estimate of drug-likeness (QED) is 0.208. The van der Waals surface area contributed by atoms with Crippen molar-refractivity contribution in [2.75, 3.05) is 26.2 Å². The molecular weight excluding hydrogens is 693 g/mol. The van der Waals surface area contributed by atoms with Gasteiger partial charge in [-0.15, -0.1) is 24.8 Å². The summed E-state index contributed by atoms with van der Waals surface area (Å²) in [5.74, 6) is 0.347. The summed E-state index contributed by atoms with van der Waals surface area (Å²) in [6.45, 7) is 8.27. The molecule has 2 aromatic carbocycles. The van der Waals surface area contributed by atoms with Gasteiger partial charge in [-0.2, -0.15) is 26.3 Å². The van der Waals surface area contributed by atoms with Gasteiger partial charge >= 0.3 is 18.4 Å². The van der Waals surface area contributed by atoms with E-state index in [4.69, 9.17) is 4.74 Å². The van der Waals surface area contributed by atoms with E-state index in [-0.39, 0.29) is 53.5 Å². The van der Waals surface area contributed by atoms with Gasteiger partial charge in [0.05, 0.1) is 22.2 Å². The highest BCUT2D eigenvalue weighted by atomic mass is 35.5. The Bertz CT molecular complexity index is 1710. The molecule has 6 rings (SSSR count). The molecule has 0 radical (unpaired) electrons. The van der Waals surface area contributed by atoms with E-state index < -0.39 is 29.1 Å². The first-order chi connectivity index (χ1) is 22.1. The van der Waals surface area contributed by atoms with E-state index in [2.05, 4.69) is 15.3 Å². The molecule has 2 aliphatic heterocycles. The third kappa shape index (κ3) is 9.67. The first-order valence-electron chi connectivity index (χ1n) is 15.7. The number of amides is 1. The Labute approximate surface area is 293 Å². The largest absolute Gasteiger partial charge is 0.444 e. The van der Waals surface area contributed by atoms with Crippen molar-refractivity contribution >= 4 is 52.7 Å². The lowest BCUT2D eigenvalue weighted by molar-refractivity contribution is -0.137. The average molecular weight is 734 g/mol. The van der Waals surface area contributed by atoms with Crippen LogP contribution in [0.25, 0.3) is 21.8 Å². The summed E-state index contributed by atoms with van der Waals surface area (Å²) in [6, 6.07) is 11.5. The standard InChI is InChI=1S/C20H23F3N2O2.C15H15F3N2.2ClH/c1-19(2,3)27-18(26)25-11-8-13(9-12-25)14-6-7-16(20(21,22)23)15-5-4-10-24-17(14)15;16-15(17,18)13-4-3-11(10-5-8-19-9-6-10)14-12(13)2-1-7-20-14;;/h4-7,10,13H,8-9,11-12H2,1-3H3;1-4,7,10,19H,5-6,8-9H2;2*1H. The molecule has 49 heavy (non-hydrogen) atoms. The smallest absolute Gasteiger partial charge is 0.417 e. The Morgan fingerprint density at radius 1 is 0.714 bits per heavy atom. The molecule has 2 aromatic heterocycles. The van der Waals surface area contributed by atoms with Crippen LogP contribution in [0, 0.1) is 0 Å². The van der Waals surface area contributed by atoms with Crippen molar-refractivity contribution < 1.29 is 35.9 Å². The van der Waals surface area contributed by atoms with Crippen LogP contribution >= 0.6 is 24.8 Å². The number of benzene rings is 2. The summed E-state index contributed by atoms with van der Waals surface area (Å²) in [5, 5.41) is 3.59. The fourth-order valence-corrected chi connectivity index (χ4v) is 6.37. The number of carbonyl (C=O) groups is 1. The molecule has 0 unspecified atom stereocenters. The zero-order valence-corrected chi connectivity index (χ0v) is 29.0. The summed E-state index contributed by atoms with van der Waals surface area (Å²) in [4.78, 5) is 22.3. The third-order valence-corrected chi connectivity index (χ3v) is 8.58. The molecule has 0 aliphatic carbocycles. The lowest BCUT2D eigenvalue weighted by Gasteiger charge is -2.34. The number of aromatic nitrogens is 2. The SMILES string of the molecule is CC(C)(C)OC(=O)N1CCC(c2ccc(C(F)(F)F)c3cccnc23)CC1.Cl.Cl.FC(F)(F)c1ccc(C2CCNCC2)c2ncccc12. The van der Waals surface area contributed by atoms with E-state index >= 15 is 0 Å². The zero-order chi connectivity index (χ0) is 34.0. The minimum atomic E-state index is -4.42. The molecule has 0 bridgehead atoms. The Morgan fingerprint density at radius 3 is 1.55 bits per heavy atom. The van der Waals surface area contributed by atoms with E-state index in [1.807, 2.05) is 20.8 Å². The van der Waals surface area contributed by atoms with Crippen molar-refractivity contribution in [2.24, 2.45) is 0 Å². The van der Waals surface area contributed by atoms with Gasteiger partial charge in [-0.3, -0.25) is 9.97 Å². The van der Waals surface area contributed by atoms with Crippen LogP contribution in [0.2, 0.25) is 0 Å². The first kappa shape index (κ1) is 40.1. The maximum absolute atomic E-state index is 13.3. The summed E-state index contributed by atoms with van der Waals surface area (Å²) in [5.41, 5.74) is 0.815. The highest BCUT2D eigenvalue weighted by Crippen LogP contribution is 2.40. The molecule has 0 saturated carbocycles. The van der Waals surface area contributed by atoms with Gasteiger partial charge in [-0.05, 0) is 107 Å². The van der Waals surface area contributed by atoms with Crippen molar-refractivity contribution in [1.29, 1.82) is 0 Å². The average Bonchev–Trinajstić information content (AvgIpc) is 3.03. The summed E-state index contributed by atoms with van der Waals surface area (Å²) in [6.07, 6.45) is -2.82. The maximum atomic E-state index is 13.3. The zero-order valence-electron chi connectivity index (χ0n) is 27.3. The number of piperidine rings is 2. The maximum Gasteiger partial charge on any atom is 0.417 e. The second kappa shape index (κ2) is 16.1. The number of rotatable bonds is 2. The van der Waals surface area contributed by atoms with Crippen LogP contribution in [-0.4, -0.2) is 52.7 Å². The Hall–Kier alpha value is -3.35. The molecular formula is C35H40Cl2F6N4O2. The summed E-state index contributed by atoms with van der Waals surface area (Å²) in [7, 11) is 0. The molecule has 2 fully saturated rings. The van der Waals surface area contributed by atoms with Crippen LogP contribution in [0.4, 0.5) is 31.1 Å². The van der Waals surface area contributed by atoms with Gasteiger partial charge in [-0.25, -0.2) is 4.79 Å². The Kier molecular flexibility index (Phi) is 13.2. The second-order valence-corrected chi connectivity index (χ2v) is 13.0. The van der Waals surface area contributed by atoms with Gasteiger partial charge in [0.15, 0.2) is 0 Å². The number of hydrogen-bond donors (Lipinski definition) is 1. The van der Waals surface area contributed by atoms with Crippen LogP contribution in [0.1, 0.15) is 80.5 Å². The fraction of sp³-hybridized carbons (Fsp3) is 0.457. The lowest BCUT2D eigenvalue weighted by atomic mass is 9.87. The number of halogens is 8. The topological polar surface area (TPSA) is 67.3 Å². The van der Waals surface area contributed by atoms with E-state index in [0.29, 0.717) is 37.0 Å². The highest BCUT2D eigenvalue weighted by molar-refractivity contribution is 5.87. The van der Waals surface area contributed by atoms with Crippen LogP contribution < -0.4 is 5.32 Å². The van der Waals surface area contributed by atoms with Gasteiger partial charge in [0.25, 0.3) is 0 Å². The van der Waals surface area contributed by atoms with Gasteiger partial charge in [0, 0.05) is 36.3 Å². The Morgan fingerprint density at radius 2 is 1.14 bits per heavy atom. The normalized spacial score (nSPS) is 16.3. The van der Waals surface area contributed by atoms with E-state index in [1.165, 1.54) is 36.5 Å². The van der Waals surface area contributed by atoms with Crippen LogP contribution in [-0.2, 0) is 17.1 Å². The lowest BCUT2D eigenvalue weighted by Crippen LogP contribution is -2.41. The van der Waals surface area contributed by atoms with Crippen molar-refractivity contribution in [1.82, 2.24) is 20.2 Å². The summed E-state index contributed by atoms with van der Waals surface area (Å²) >= 11 is 0. The molecule has 0 spiro atoms. The molecule has 268 valence electrons. The first-order valence-corrected chi connectivity index (χ1v) is 15.7. The fourth-order valence-electron chi connectivity index (χ4n) is 6.37. The van der Waals surface area contributed by atoms with Crippen LogP contribution in [0.5, 0.6) is 0 Å². The molecule has 0 atom stereocenters.